The SMILES string of the molecule is CC(=O)NC1CCC(CC(=O)Nc2cnc(-c3ccc(C4(NC(=O)OC(C)(C)C)CC(F)(F)C4)cc3)c(-c3ccccc3)c2)CC1. The summed E-state index contributed by atoms with van der Waals surface area (Å²) in [7, 11) is 0. The van der Waals surface area contributed by atoms with Gasteiger partial charge in [-0.2, -0.15) is 0 Å². The molecule has 1 heterocycles. The minimum absolute atomic E-state index is 0.0237. The summed E-state index contributed by atoms with van der Waals surface area (Å²) in [5.74, 6) is -2.74. The van der Waals surface area contributed by atoms with Crippen molar-refractivity contribution in [2.45, 2.75) is 95.7 Å². The van der Waals surface area contributed by atoms with Gasteiger partial charge in [0.15, 0.2) is 0 Å². The van der Waals surface area contributed by atoms with Crippen LogP contribution in [-0.2, 0) is 19.9 Å². The van der Waals surface area contributed by atoms with E-state index in [4.69, 9.17) is 9.72 Å². The van der Waals surface area contributed by atoms with E-state index in [2.05, 4.69) is 16.0 Å². The Balaban J connectivity index is 1.34. The molecule has 3 aromatic rings. The maximum Gasteiger partial charge on any atom is 0.408 e. The molecule has 244 valence electrons. The number of ether oxygens (including phenoxy) is 1. The second-order valence-corrected chi connectivity index (χ2v) is 13.7. The van der Waals surface area contributed by atoms with Crippen molar-refractivity contribution in [1.29, 1.82) is 0 Å². The Kier molecular flexibility index (Phi) is 9.47. The van der Waals surface area contributed by atoms with Crippen LogP contribution in [0.3, 0.4) is 0 Å². The molecule has 2 saturated carbocycles. The van der Waals surface area contributed by atoms with Gasteiger partial charge in [0.2, 0.25) is 11.8 Å². The molecule has 3 amide bonds. The van der Waals surface area contributed by atoms with Gasteiger partial charge >= 0.3 is 6.09 Å². The van der Waals surface area contributed by atoms with Crippen molar-refractivity contribution in [1.82, 2.24) is 15.6 Å². The number of carbonyl (C=O) groups excluding carboxylic acids is 3. The number of hydrogen-bond donors (Lipinski definition) is 3. The Morgan fingerprint density at radius 2 is 1.59 bits per heavy atom. The van der Waals surface area contributed by atoms with Crippen molar-refractivity contribution in [3.05, 3.63) is 72.4 Å². The fraction of sp³-hybridized carbons (Fsp3) is 0.444. The summed E-state index contributed by atoms with van der Waals surface area (Å²) in [4.78, 5) is 41.7. The molecule has 5 rings (SSSR count). The van der Waals surface area contributed by atoms with E-state index in [1.165, 1.54) is 6.92 Å². The van der Waals surface area contributed by atoms with Crippen LogP contribution < -0.4 is 16.0 Å². The normalized spacial score (nSPS) is 20.1. The lowest BCUT2D eigenvalue weighted by Crippen LogP contribution is -2.60. The zero-order valence-corrected chi connectivity index (χ0v) is 26.8. The number of pyridine rings is 1. The smallest absolute Gasteiger partial charge is 0.408 e. The third kappa shape index (κ3) is 8.27. The van der Waals surface area contributed by atoms with Crippen LogP contribution in [0.2, 0.25) is 0 Å². The predicted octanol–water partition coefficient (Wildman–Crippen LogP) is 7.59. The van der Waals surface area contributed by atoms with Gasteiger partial charge in [0.25, 0.3) is 5.92 Å². The monoisotopic (exact) mass is 632 g/mol. The van der Waals surface area contributed by atoms with Crippen LogP contribution in [0.1, 0.15) is 78.2 Å². The molecule has 2 fully saturated rings. The second kappa shape index (κ2) is 13.2. The van der Waals surface area contributed by atoms with Gasteiger partial charge in [0, 0.05) is 43.4 Å². The topological polar surface area (TPSA) is 109 Å². The van der Waals surface area contributed by atoms with Crippen LogP contribution in [-0.4, -0.2) is 40.5 Å². The van der Waals surface area contributed by atoms with Crippen molar-refractivity contribution in [2.75, 3.05) is 5.32 Å². The number of nitrogens with zero attached hydrogens (tertiary/aromatic N) is 1. The first-order valence-corrected chi connectivity index (χ1v) is 15.8. The van der Waals surface area contributed by atoms with Gasteiger partial charge in [-0.05, 0) is 69.6 Å². The van der Waals surface area contributed by atoms with E-state index < -0.39 is 36.0 Å². The maximum absolute atomic E-state index is 14.2. The maximum atomic E-state index is 14.2. The molecule has 3 N–H and O–H groups in total. The molecule has 1 aromatic heterocycles. The number of hydrogen-bond acceptors (Lipinski definition) is 5. The molecule has 2 aliphatic rings. The molecule has 0 saturated heterocycles. The molecule has 0 atom stereocenters. The number of alkyl carbamates (subject to hydrolysis) is 1. The molecule has 2 aliphatic carbocycles. The van der Waals surface area contributed by atoms with Crippen molar-refractivity contribution in [3.63, 3.8) is 0 Å². The minimum atomic E-state index is -2.89. The van der Waals surface area contributed by atoms with Gasteiger partial charge in [0.05, 0.1) is 23.1 Å². The lowest BCUT2D eigenvalue weighted by atomic mass is 9.69. The van der Waals surface area contributed by atoms with E-state index in [0.717, 1.165) is 42.4 Å². The van der Waals surface area contributed by atoms with Crippen LogP contribution in [0.5, 0.6) is 0 Å². The van der Waals surface area contributed by atoms with Gasteiger partial charge in [-0.1, -0.05) is 54.6 Å². The third-order valence-corrected chi connectivity index (χ3v) is 8.56. The number of carbonyl (C=O) groups is 3. The average molecular weight is 633 g/mol. The highest BCUT2D eigenvalue weighted by molar-refractivity contribution is 5.93. The van der Waals surface area contributed by atoms with Crippen molar-refractivity contribution in [3.8, 4) is 22.4 Å². The second-order valence-electron chi connectivity index (χ2n) is 13.7. The predicted molar refractivity (Wildman–Crippen MR) is 173 cm³/mol. The summed E-state index contributed by atoms with van der Waals surface area (Å²) in [6.45, 7) is 6.69. The lowest BCUT2D eigenvalue weighted by molar-refractivity contribution is -0.136. The number of anilines is 1. The van der Waals surface area contributed by atoms with E-state index in [1.54, 1.807) is 39.1 Å². The molecule has 46 heavy (non-hydrogen) atoms. The number of rotatable bonds is 8. The van der Waals surface area contributed by atoms with Gasteiger partial charge in [-0.25, -0.2) is 13.6 Å². The van der Waals surface area contributed by atoms with Crippen LogP contribution >= 0.6 is 0 Å². The number of halogens is 2. The zero-order chi connectivity index (χ0) is 33.1. The summed E-state index contributed by atoms with van der Waals surface area (Å²) < 4.78 is 33.7. The number of alkyl halides is 2. The molecule has 0 bridgehead atoms. The van der Waals surface area contributed by atoms with Gasteiger partial charge in [0.1, 0.15) is 5.60 Å². The molecule has 8 nitrogen and oxygen atoms in total. The summed E-state index contributed by atoms with van der Waals surface area (Å²) in [5, 5.41) is 8.69. The summed E-state index contributed by atoms with van der Waals surface area (Å²) in [6, 6.07) is 18.9. The number of benzene rings is 2. The highest BCUT2D eigenvalue weighted by Gasteiger charge is 2.58. The first-order valence-electron chi connectivity index (χ1n) is 15.8. The third-order valence-electron chi connectivity index (χ3n) is 8.56. The van der Waals surface area contributed by atoms with Crippen molar-refractivity contribution >= 4 is 23.6 Å². The number of amides is 3. The Bertz CT molecular complexity index is 1560. The van der Waals surface area contributed by atoms with Crippen molar-refractivity contribution in [2.24, 2.45) is 5.92 Å². The largest absolute Gasteiger partial charge is 0.444 e. The fourth-order valence-electron chi connectivity index (χ4n) is 6.52. The van der Waals surface area contributed by atoms with E-state index >= 15 is 0 Å². The molecule has 0 radical (unpaired) electrons. The highest BCUT2D eigenvalue weighted by atomic mass is 19.3. The average Bonchev–Trinajstić information content (AvgIpc) is 2.96. The molecular weight excluding hydrogens is 590 g/mol. The molecule has 0 aliphatic heterocycles. The summed E-state index contributed by atoms with van der Waals surface area (Å²) in [5.41, 5.74) is 2.27. The lowest BCUT2D eigenvalue weighted by Gasteiger charge is -2.48. The van der Waals surface area contributed by atoms with E-state index in [-0.39, 0.29) is 23.8 Å². The van der Waals surface area contributed by atoms with Gasteiger partial charge < -0.3 is 20.7 Å². The molecule has 0 unspecified atom stereocenters. The highest BCUT2D eigenvalue weighted by Crippen LogP contribution is 2.52. The Morgan fingerprint density at radius 1 is 0.935 bits per heavy atom. The molecular formula is C36H42F2N4O4. The Morgan fingerprint density at radius 3 is 2.17 bits per heavy atom. The molecule has 10 heteroatoms. The molecule has 2 aromatic carbocycles. The first kappa shape index (κ1) is 33.0. The van der Waals surface area contributed by atoms with E-state index in [1.807, 2.05) is 48.5 Å². The zero-order valence-electron chi connectivity index (χ0n) is 26.8. The fourth-order valence-corrected chi connectivity index (χ4v) is 6.52. The van der Waals surface area contributed by atoms with E-state index in [9.17, 15) is 23.2 Å². The first-order chi connectivity index (χ1) is 21.7. The van der Waals surface area contributed by atoms with Gasteiger partial charge in [-0.3, -0.25) is 14.6 Å². The van der Waals surface area contributed by atoms with Crippen LogP contribution in [0.4, 0.5) is 19.3 Å². The minimum Gasteiger partial charge on any atom is -0.444 e. The Labute approximate surface area is 268 Å². The van der Waals surface area contributed by atoms with Crippen LogP contribution in [0, 0.1) is 5.92 Å². The van der Waals surface area contributed by atoms with Crippen LogP contribution in [0.15, 0.2) is 66.9 Å². The number of nitrogens with one attached hydrogen (secondary N) is 3. The number of aromatic nitrogens is 1. The van der Waals surface area contributed by atoms with Crippen LogP contribution in [0.25, 0.3) is 22.4 Å². The van der Waals surface area contributed by atoms with E-state index in [0.29, 0.717) is 23.4 Å². The summed E-state index contributed by atoms with van der Waals surface area (Å²) >= 11 is 0. The van der Waals surface area contributed by atoms with Gasteiger partial charge in [-0.15, -0.1) is 0 Å². The quantitative estimate of drug-likeness (QED) is 0.237. The summed E-state index contributed by atoms with van der Waals surface area (Å²) in [6.07, 6.45) is 3.75. The van der Waals surface area contributed by atoms with Crippen molar-refractivity contribution < 1.29 is 27.9 Å². The molecule has 0 spiro atoms. The standard InChI is InChI=1S/C36H42F2N4O4/c1-23(43)40-28-16-10-24(11-17-28)18-31(44)41-29-19-30(25-8-6-5-7-9-25)32(39-20-29)26-12-14-27(15-13-26)35(21-36(37,38)22-35)42-33(45)46-34(2,3)4/h5-9,12-15,19-20,24,28H,10-11,16-18,21-22H2,1-4H3,(H,40,43)(H,41,44)(H,42,45). The Hall–Kier alpha value is -4.34.